The lowest BCUT2D eigenvalue weighted by Crippen LogP contribution is -2.23. The molecule has 0 spiro atoms. The predicted octanol–water partition coefficient (Wildman–Crippen LogP) is 0.950. The van der Waals surface area contributed by atoms with Crippen molar-refractivity contribution in [3.05, 3.63) is 12.2 Å². The number of carbonyl (C=O) groups excluding carboxylic acids is 1. The minimum Gasteiger partial charge on any atom is -0.481 e. The van der Waals surface area contributed by atoms with Crippen LogP contribution in [0.2, 0.25) is 0 Å². The molecule has 0 saturated carbocycles. The molecule has 0 aliphatic heterocycles. The second kappa shape index (κ2) is 8.91. The number of carboxylic acids is 1. The van der Waals surface area contributed by atoms with Gasteiger partial charge >= 0.3 is 11.9 Å². The van der Waals surface area contributed by atoms with Gasteiger partial charge in [0.05, 0.1) is 6.42 Å². The van der Waals surface area contributed by atoms with Gasteiger partial charge in [-0.3, -0.25) is 4.79 Å². The molecule has 0 aliphatic rings. The van der Waals surface area contributed by atoms with E-state index in [9.17, 15) is 9.59 Å². The lowest BCUT2D eigenvalue weighted by atomic mass is 10.2. The molecule has 0 aromatic rings. The van der Waals surface area contributed by atoms with Gasteiger partial charge in [0, 0.05) is 12.1 Å². The van der Waals surface area contributed by atoms with Gasteiger partial charge in [-0.15, -0.1) is 0 Å². The molecule has 0 fully saturated rings. The molecule has 0 unspecified atom stereocenters. The summed E-state index contributed by atoms with van der Waals surface area (Å²) in [5.74, 6) is -1.72. The van der Waals surface area contributed by atoms with Crippen LogP contribution in [-0.4, -0.2) is 36.7 Å². The van der Waals surface area contributed by atoms with Crippen molar-refractivity contribution in [1.29, 1.82) is 0 Å². The van der Waals surface area contributed by atoms with Crippen molar-refractivity contribution in [2.24, 2.45) is 0 Å². The molecule has 92 valence electrons. The Morgan fingerprint density at radius 2 is 2.06 bits per heavy atom. The molecule has 0 saturated heterocycles. The minimum absolute atomic E-state index is 0.0268. The number of hydrogen-bond donors (Lipinski definition) is 2. The molecule has 0 bridgehead atoms. The SMILES string of the molecule is C=C(CC(=O)O)C(=O)OCCNCCCC. The molecule has 5 heteroatoms. The first-order valence-electron chi connectivity index (χ1n) is 5.35. The Morgan fingerprint density at radius 3 is 2.62 bits per heavy atom. The number of rotatable bonds is 9. The summed E-state index contributed by atoms with van der Waals surface area (Å²) in [6.45, 7) is 7.15. The maximum atomic E-state index is 11.2. The number of nitrogens with one attached hydrogen (secondary N) is 1. The van der Waals surface area contributed by atoms with Gasteiger partial charge in [0.2, 0.25) is 0 Å². The number of carboxylic acid groups (broad SMARTS) is 1. The lowest BCUT2D eigenvalue weighted by molar-refractivity contribution is -0.142. The molecule has 0 amide bonds. The van der Waals surface area contributed by atoms with E-state index in [2.05, 4.69) is 18.8 Å². The first kappa shape index (κ1) is 14.6. The fourth-order valence-corrected chi connectivity index (χ4v) is 0.999. The first-order valence-corrected chi connectivity index (χ1v) is 5.35. The molecule has 0 aromatic carbocycles. The van der Waals surface area contributed by atoms with Crippen LogP contribution in [0.5, 0.6) is 0 Å². The number of esters is 1. The number of ether oxygens (including phenoxy) is 1. The summed E-state index contributed by atoms with van der Waals surface area (Å²) in [5.41, 5.74) is -0.0268. The van der Waals surface area contributed by atoms with Crippen LogP contribution < -0.4 is 5.32 Å². The Balaban J connectivity index is 3.50. The lowest BCUT2D eigenvalue weighted by Gasteiger charge is -2.06. The van der Waals surface area contributed by atoms with Crippen LogP contribution in [0.15, 0.2) is 12.2 Å². The summed E-state index contributed by atoms with van der Waals surface area (Å²) in [5, 5.41) is 11.5. The molecule has 0 heterocycles. The third-order valence-corrected chi connectivity index (χ3v) is 1.87. The van der Waals surface area contributed by atoms with Crippen LogP contribution in [0.1, 0.15) is 26.2 Å². The Labute approximate surface area is 95.5 Å². The van der Waals surface area contributed by atoms with E-state index in [1.165, 1.54) is 0 Å². The van der Waals surface area contributed by atoms with Crippen molar-refractivity contribution in [2.75, 3.05) is 19.7 Å². The van der Waals surface area contributed by atoms with Crippen molar-refractivity contribution in [3.8, 4) is 0 Å². The molecule has 0 aromatic heterocycles. The number of unbranched alkanes of at least 4 members (excludes halogenated alkanes) is 1. The van der Waals surface area contributed by atoms with E-state index < -0.39 is 11.9 Å². The molecule has 5 nitrogen and oxygen atoms in total. The molecule has 16 heavy (non-hydrogen) atoms. The van der Waals surface area contributed by atoms with Gasteiger partial charge in [0.15, 0.2) is 0 Å². The Kier molecular flexibility index (Phi) is 8.15. The van der Waals surface area contributed by atoms with Crippen LogP contribution >= 0.6 is 0 Å². The Morgan fingerprint density at radius 1 is 1.38 bits per heavy atom. The van der Waals surface area contributed by atoms with Crippen molar-refractivity contribution < 1.29 is 19.4 Å². The van der Waals surface area contributed by atoms with E-state index in [1.807, 2.05) is 0 Å². The van der Waals surface area contributed by atoms with E-state index in [-0.39, 0.29) is 18.6 Å². The molecule has 2 N–H and O–H groups in total. The quantitative estimate of drug-likeness (QED) is 0.350. The first-order chi connectivity index (χ1) is 7.57. The zero-order valence-corrected chi connectivity index (χ0v) is 9.62. The number of carbonyl (C=O) groups is 2. The smallest absolute Gasteiger partial charge is 0.334 e. The van der Waals surface area contributed by atoms with Crippen molar-refractivity contribution >= 4 is 11.9 Å². The Bertz CT molecular complexity index is 250. The fraction of sp³-hybridized carbons (Fsp3) is 0.636. The van der Waals surface area contributed by atoms with E-state index in [4.69, 9.17) is 9.84 Å². The summed E-state index contributed by atoms with van der Waals surface area (Å²) in [6, 6.07) is 0. The van der Waals surface area contributed by atoms with Crippen molar-refractivity contribution in [1.82, 2.24) is 5.32 Å². The zero-order valence-electron chi connectivity index (χ0n) is 9.62. The topological polar surface area (TPSA) is 75.6 Å². The highest BCUT2D eigenvalue weighted by molar-refractivity contribution is 5.92. The average molecular weight is 229 g/mol. The highest BCUT2D eigenvalue weighted by Crippen LogP contribution is 2.00. The summed E-state index contributed by atoms with van der Waals surface area (Å²) in [7, 11) is 0. The fourth-order valence-electron chi connectivity index (χ4n) is 0.999. The maximum absolute atomic E-state index is 11.2. The van der Waals surface area contributed by atoms with Gasteiger partial charge in [-0.05, 0) is 13.0 Å². The summed E-state index contributed by atoms with van der Waals surface area (Å²) < 4.78 is 4.82. The third-order valence-electron chi connectivity index (χ3n) is 1.87. The van der Waals surface area contributed by atoms with Crippen molar-refractivity contribution in [2.45, 2.75) is 26.2 Å². The van der Waals surface area contributed by atoms with Crippen LogP contribution in [0.25, 0.3) is 0 Å². The van der Waals surface area contributed by atoms with Gasteiger partial charge < -0.3 is 15.2 Å². The molecular formula is C11H19NO4. The molecule has 0 atom stereocenters. The zero-order chi connectivity index (χ0) is 12.4. The third kappa shape index (κ3) is 7.99. The largest absolute Gasteiger partial charge is 0.481 e. The van der Waals surface area contributed by atoms with E-state index in [1.54, 1.807) is 0 Å². The van der Waals surface area contributed by atoms with Gasteiger partial charge in [-0.25, -0.2) is 4.79 Å². The number of aliphatic carboxylic acids is 1. The second-order valence-corrected chi connectivity index (χ2v) is 3.41. The van der Waals surface area contributed by atoms with Gasteiger partial charge in [-0.2, -0.15) is 0 Å². The average Bonchev–Trinajstić information content (AvgIpc) is 2.21. The molecular weight excluding hydrogens is 210 g/mol. The monoisotopic (exact) mass is 229 g/mol. The van der Waals surface area contributed by atoms with Crippen molar-refractivity contribution in [3.63, 3.8) is 0 Å². The van der Waals surface area contributed by atoms with Gasteiger partial charge in [0.25, 0.3) is 0 Å². The van der Waals surface area contributed by atoms with Gasteiger partial charge in [0.1, 0.15) is 6.61 Å². The molecule has 0 aliphatic carbocycles. The highest BCUT2D eigenvalue weighted by Gasteiger charge is 2.11. The van der Waals surface area contributed by atoms with Crippen LogP contribution in [0.4, 0.5) is 0 Å². The van der Waals surface area contributed by atoms with E-state index in [0.717, 1.165) is 19.4 Å². The summed E-state index contributed by atoms with van der Waals surface area (Å²) in [6.07, 6.45) is 1.82. The van der Waals surface area contributed by atoms with Gasteiger partial charge in [-0.1, -0.05) is 19.9 Å². The Hall–Kier alpha value is -1.36. The molecule has 0 radical (unpaired) electrons. The van der Waals surface area contributed by atoms with Crippen LogP contribution in [0, 0.1) is 0 Å². The normalized spacial score (nSPS) is 9.81. The summed E-state index contributed by atoms with van der Waals surface area (Å²) >= 11 is 0. The standard InChI is InChI=1S/C11H19NO4/c1-3-4-5-12-6-7-16-11(15)9(2)8-10(13)14/h12H,2-8H2,1H3,(H,13,14). The highest BCUT2D eigenvalue weighted by atomic mass is 16.5. The number of hydrogen-bond acceptors (Lipinski definition) is 4. The molecule has 0 rings (SSSR count). The van der Waals surface area contributed by atoms with Crippen LogP contribution in [-0.2, 0) is 14.3 Å². The van der Waals surface area contributed by atoms with E-state index in [0.29, 0.717) is 6.54 Å². The van der Waals surface area contributed by atoms with Crippen LogP contribution in [0.3, 0.4) is 0 Å². The minimum atomic E-state index is -1.08. The second-order valence-electron chi connectivity index (χ2n) is 3.41. The maximum Gasteiger partial charge on any atom is 0.334 e. The van der Waals surface area contributed by atoms with E-state index >= 15 is 0 Å². The predicted molar refractivity (Wildman–Crippen MR) is 60.1 cm³/mol. The summed E-state index contributed by atoms with van der Waals surface area (Å²) in [4.78, 5) is 21.4.